The van der Waals surface area contributed by atoms with E-state index in [-0.39, 0.29) is 14.2 Å². The average molecular weight is 362 g/mol. The number of hydrogen-bond donors (Lipinski definition) is 3. The number of para-hydroxylation sites is 1. The van der Waals surface area contributed by atoms with Crippen LogP contribution in [0.1, 0.15) is 0 Å². The quantitative estimate of drug-likeness (QED) is 0.660. The molecule has 0 saturated heterocycles. The Morgan fingerprint density at radius 1 is 1.29 bits per heavy atom. The fourth-order valence-electron chi connectivity index (χ4n) is 1.89. The minimum Gasteiger partial charge on any atom is -0.397 e. The van der Waals surface area contributed by atoms with Gasteiger partial charge in [-0.25, -0.2) is 8.42 Å². The molecule has 0 amide bonds. The minimum absolute atomic E-state index is 0.0552. The molecule has 0 saturated carbocycles. The number of fused-ring (bicyclic) bond motifs is 1. The van der Waals surface area contributed by atoms with Gasteiger partial charge in [0.2, 0.25) is 0 Å². The minimum atomic E-state index is -3.76. The van der Waals surface area contributed by atoms with E-state index in [4.69, 9.17) is 28.9 Å². The van der Waals surface area contributed by atoms with Gasteiger partial charge in [0.05, 0.1) is 21.9 Å². The number of halogens is 2. The molecule has 0 aliphatic heterocycles. The van der Waals surface area contributed by atoms with Crippen molar-refractivity contribution < 1.29 is 8.42 Å². The van der Waals surface area contributed by atoms with Crippen LogP contribution in [-0.4, -0.2) is 13.4 Å². The van der Waals surface area contributed by atoms with Crippen LogP contribution >= 0.6 is 34.5 Å². The summed E-state index contributed by atoms with van der Waals surface area (Å²) in [6, 6.07) is 6.49. The normalized spacial score (nSPS) is 11.9. The van der Waals surface area contributed by atoms with Gasteiger partial charge in [-0.2, -0.15) is 0 Å². The Morgan fingerprint density at radius 2 is 2.05 bits per heavy atom. The van der Waals surface area contributed by atoms with Gasteiger partial charge in [-0.15, -0.1) is 11.3 Å². The molecule has 0 aliphatic rings. The van der Waals surface area contributed by atoms with Crippen molar-refractivity contribution in [2.45, 2.75) is 4.21 Å². The number of aromatic amines is 1. The molecule has 0 fully saturated rings. The first kappa shape index (κ1) is 14.5. The molecular weight excluding hydrogens is 353 g/mol. The van der Waals surface area contributed by atoms with E-state index in [1.807, 2.05) is 0 Å². The molecule has 3 aromatic rings. The molecule has 21 heavy (non-hydrogen) atoms. The number of hydrogen-bond acceptors (Lipinski definition) is 4. The van der Waals surface area contributed by atoms with E-state index in [1.165, 1.54) is 6.07 Å². The highest BCUT2D eigenvalue weighted by Gasteiger charge is 2.20. The average Bonchev–Trinajstić information content (AvgIpc) is 2.96. The summed E-state index contributed by atoms with van der Waals surface area (Å²) in [7, 11) is -3.76. The Kier molecular flexibility index (Phi) is 3.53. The molecule has 2 heterocycles. The molecule has 0 bridgehead atoms. The Morgan fingerprint density at radius 3 is 2.71 bits per heavy atom. The number of aromatic nitrogens is 1. The standard InChI is InChI=1S/C12H9Cl2N3O2S2/c13-7-5-16-11-6(7)2-1-3-9(11)17-21(18,19)10-4-8(15)12(14)20-10/h1-5,16-17H,15H2. The lowest BCUT2D eigenvalue weighted by Gasteiger charge is -2.07. The van der Waals surface area contributed by atoms with Gasteiger partial charge in [0.15, 0.2) is 0 Å². The summed E-state index contributed by atoms with van der Waals surface area (Å²) >= 11 is 12.7. The second kappa shape index (κ2) is 5.10. The molecule has 5 nitrogen and oxygen atoms in total. The maximum atomic E-state index is 12.4. The zero-order valence-electron chi connectivity index (χ0n) is 10.4. The highest BCUT2D eigenvalue weighted by molar-refractivity contribution is 7.94. The van der Waals surface area contributed by atoms with Gasteiger partial charge in [-0.3, -0.25) is 4.72 Å². The number of anilines is 2. The summed E-state index contributed by atoms with van der Waals surface area (Å²) in [4.78, 5) is 2.94. The summed E-state index contributed by atoms with van der Waals surface area (Å²) in [6.07, 6.45) is 1.60. The molecule has 1 aromatic carbocycles. The molecule has 4 N–H and O–H groups in total. The van der Waals surface area contributed by atoms with Crippen molar-refractivity contribution in [1.29, 1.82) is 0 Å². The van der Waals surface area contributed by atoms with E-state index < -0.39 is 10.0 Å². The third-order valence-electron chi connectivity index (χ3n) is 2.86. The SMILES string of the molecule is Nc1cc(S(=O)(=O)Nc2cccc3c(Cl)c[nH]c23)sc1Cl. The lowest BCUT2D eigenvalue weighted by atomic mass is 10.2. The Labute approximate surface area is 134 Å². The van der Waals surface area contributed by atoms with E-state index in [0.717, 1.165) is 16.7 Å². The van der Waals surface area contributed by atoms with Gasteiger partial charge in [-0.05, 0) is 12.1 Å². The molecule has 3 rings (SSSR count). The molecule has 2 aromatic heterocycles. The number of rotatable bonds is 3. The number of nitrogens with one attached hydrogen (secondary N) is 2. The first-order valence-corrected chi connectivity index (χ1v) is 8.77. The highest BCUT2D eigenvalue weighted by atomic mass is 35.5. The van der Waals surface area contributed by atoms with Crippen LogP contribution in [0.3, 0.4) is 0 Å². The van der Waals surface area contributed by atoms with Crippen molar-refractivity contribution in [1.82, 2.24) is 4.98 Å². The van der Waals surface area contributed by atoms with E-state index in [1.54, 1.807) is 24.4 Å². The highest BCUT2D eigenvalue weighted by Crippen LogP contribution is 2.35. The molecule has 0 spiro atoms. The number of H-pyrrole nitrogens is 1. The smallest absolute Gasteiger partial charge is 0.271 e. The van der Waals surface area contributed by atoms with Crippen LogP contribution in [0.15, 0.2) is 34.7 Å². The van der Waals surface area contributed by atoms with Crippen molar-refractivity contribution >= 4 is 66.8 Å². The molecule has 110 valence electrons. The Hall–Kier alpha value is -1.41. The summed E-state index contributed by atoms with van der Waals surface area (Å²) in [5, 5.41) is 1.26. The topological polar surface area (TPSA) is 88.0 Å². The number of nitrogens with two attached hydrogens (primary N) is 1. The third-order valence-corrected chi connectivity index (χ3v) is 6.41. The van der Waals surface area contributed by atoms with E-state index >= 15 is 0 Å². The third kappa shape index (κ3) is 2.57. The molecular formula is C12H9Cl2N3O2S2. The zero-order chi connectivity index (χ0) is 15.2. The molecule has 0 aliphatic carbocycles. The van der Waals surface area contributed by atoms with Crippen molar-refractivity contribution in [3.8, 4) is 0 Å². The van der Waals surface area contributed by atoms with Gasteiger partial charge in [0, 0.05) is 11.6 Å². The van der Waals surface area contributed by atoms with Crippen LogP contribution in [0.25, 0.3) is 10.9 Å². The lowest BCUT2D eigenvalue weighted by Crippen LogP contribution is -2.11. The van der Waals surface area contributed by atoms with Crippen LogP contribution in [0.2, 0.25) is 9.36 Å². The first-order chi connectivity index (χ1) is 9.88. The number of benzene rings is 1. The molecule has 0 atom stereocenters. The van der Waals surface area contributed by atoms with Crippen molar-refractivity contribution in [2.24, 2.45) is 0 Å². The molecule has 0 radical (unpaired) electrons. The van der Waals surface area contributed by atoms with Gasteiger partial charge in [0.25, 0.3) is 10.0 Å². The van der Waals surface area contributed by atoms with Crippen molar-refractivity contribution in [2.75, 3.05) is 10.5 Å². The molecule has 0 unspecified atom stereocenters. The number of thiophene rings is 1. The van der Waals surface area contributed by atoms with Gasteiger partial charge in [0.1, 0.15) is 8.55 Å². The van der Waals surface area contributed by atoms with Gasteiger partial charge in [-0.1, -0.05) is 35.3 Å². The predicted octanol–water partition coefficient (Wildman–Crippen LogP) is 3.92. The lowest BCUT2D eigenvalue weighted by molar-refractivity contribution is 0.603. The van der Waals surface area contributed by atoms with Crippen LogP contribution in [-0.2, 0) is 10.0 Å². The molecule has 9 heteroatoms. The maximum Gasteiger partial charge on any atom is 0.271 e. The van der Waals surface area contributed by atoms with Crippen molar-refractivity contribution in [3.63, 3.8) is 0 Å². The Balaban J connectivity index is 2.05. The van der Waals surface area contributed by atoms with E-state index in [0.29, 0.717) is 16.2 Å². The maximum absolute atomic E-state index is 12.4. The number of nitrogen functional groups attached to an aromatic ring is 1. The van der Waals surface area contributed by atoms with Crippen molar-refractivity contribution in [3.05, 3.63) is 39.8 Å². The van der Waals surface area contributed by atoms with Crippen LogP contribution < -0.4 is 10.5 Å². The monoisotopic (exact) mass is 361 g/mol. The summed E-state index contributed by atoms with van der Waals surface area (Å²) < 4.78 is 27.5. The summed E-state index contributed by atoms with van der Waals surface area (Å²) in [6.45, 7) is 0. The first-order valence-electron chi connectivity index (χ1n) is 5.72. The van der Waals surface area contributed by atoms with Crippen LogP contribution in [0, 0.1) is 0 Å². The largest absolute Gasteiger partial charge is 0.397 e. The second-order valence-corrected chi connectivity index (χ2v) is 8.24. The zero-order valence-corrected chi connectivity index (χ0v) is 13.5. The Bertz CT molecular complexity index is 912. The fraction of sp³-hybridized carbons (Fsp3) is 0. The predicted molar refractivity (Wildman–Crippen MR) is 87.9 cm³/mol. The summed E-state index contributed by atoms with van der Waals surface area (Å²) in [5.74, 6) is 0. The van der Waals surface area contributed by atoms with Crippen LogP contribution in [0.4, 0.5) is 11.4 Å². The van der Waals surface area contributed by atoms with E-state index in [2.05, 4.69) is 9.71 Å². The van der Waals surface area contributed by atoms with Gasteiger partial charge < -0.3 is 10.7 Å². The van der Waals surface area contributed by atoms with Gasteiger partial charge >= 0.3 is 0 Å². The van der Waals surface area contributed by atoms with E-state index in [9.17, 15) is 8.42 Å². The summed E-state index contributed by atoms with van der Waals surface area (Å²) in [5.41, 5.74) is 6.84. The fourth-order valence-corrected chi connectivity index (χ4v) is 4.74. The van der Waals surface area contributed by atoms with Crippen LogP contribution in [0.5, 0.6) is 0 Å². The number of sulfonamides is 1. The second-order valence-electron chi connectivity index (χ2n) is 4.26.